The van der Waals surface area contributed by atoms with Gasteiger partial charge in [0, 0.05) is 30.9 Å². The van der Waals surface area contributed by atoms with Crippen molar-refractivity contribution in [3.63, 3.8) is 0 Å². The lowest BCUT2D eigenvalue weighted by atomic mass is 10.0. The Labute approximate surface area is 223 Å². The van der Waals surface area contributed by atoms with Gasteiger partial charge < -0.3 is 25.8 Å². The molecule has 0 bridgehead atoms. The summed E-state index contributed by atoms with van der Waals surface area (Å²) in [5, 5.41) is 17.7. The van der Waals surface area contributed by atoms with Crippen LogP contribution >= 0.6 is 11.6 Å². The predicted molar refractivity (Wildman–Crippen MR) is 132 cm³/mol. The zero-order valence-corrected chi connectivity index (χ0v) is 21.0. The molecule has 1 saturated heterocycles. The van der Waals surface area contributed by atoms with E-state index < -0.39 is 36.3 Å². The molecule has 1 fully saturated rings. The van der Waals surface area contributed by atoms with Crippen molar-refractivity contribution in [3.05, 3.63) is 53.2 Å². The molecule has 12 nitrogen and oxygen atoms in total. The van der Waals surface area contributed by atoms with Gasteiger partial charge in [-0.1, -0.05) is 11.6 Å². The number of nitrogens with one attached hydrogen (secondary N) is 1. The molecule has 0 aromatic carbocycles. The lowest BCUT2D eigenvalue weighted by molar-refractivity contribution is -0.206. The topological polar surface area (TPSA) is 152 Å². The van der Waals surface area contributed by atoms with Gasteiger partial charge in [0.25, 0.3) is 5.91 Å². The van der Waals surface area contributed by atoms with E-state index in [2.05, 4.69) is 25.1 Å². The molecule has 39 heavy (non-hydrogen) atoms. The summed E-state index contributed by atoms with van der Waals surface area (Å²) in [6.07, 6.45) is -1.70. The molecular weight excluding hydrogens is 545 g/mol. The van der Waals surface area contributed by atoms with E-state index in [9.17, 15) is 27.9 Å². The van der Waals surface area contributed by atoms with Crippen LogP contribution in [0.1, 0.15) is 35.3 Å². The zero-order chi connectivity index (χ0) is 28.1. The second-order valence-corrected chi connectivity index (χ2v) is 9.49. The van der Waals surface area contributed by atoms with E-state index in [-0.39, 0.29) is 36.5 Å². The third-order valence-electron chi connectivity index (χ3n) is 6.31. The summed E-state index contributed by atoms with van der Waals surface area (Å²) in [4.78, 5) is 34.6. The van der Waals surface area contributed by atoms with Gasteiger partial charge in [0.2, 0.25) is 0 Å². The van der Waals surface area contributed by atoms with Crippen molar-refractivity contribution in [2.24, 2.45) is 0 Å². The van der Waals surface area contributed by atoms with Crippen LogP contribution < -0.4 is 16.0 Å². The number of anilines is 2. The first-order valence-corrected chi connectivity index (χ1v) is 12.1. The van der Waals surface area contributed by atoms with E-state index in [0.29, 0.717) is 21.9 Å². The van der Waals surface area contributed by atoms with Gasteiger partial charge in [-0.25, -0.2) is 19.3 Å². The number of nitrogens with zero attached hydrogens (tertiary/aromatic N) is 6. The SMILES string of the molecule is CC(NC(=O)c1c(N)nn2cccnc12)c1cc(Cl)c2cncn2c1N1C[C@@H](O)C[C@H](OC(=O)C(F)(F)F)C1. The van der Waals surface area contributed by atoms with Gasteiger partial charge in [-0.05, 0) is 19.1 Å². The second-order valence-electron chi connectivity index (χ2n) is 9.08. The number of imidazole rings is 1. The molecular formula is C23H22ClF3N8O4. The average Bonchev–Trinajstić information content (AvgIpc) is 3.47. The van der Waals surface area contributed by atoms with Gasteiger partial charge in [0.1, 0.15) is 23.8 Å². The number of fused-ring (bicyclic) bond motifs is 2. The van der Waals surface area contributed by atoms with Crippen LogP contribution in [0.4, 0.5) is 24.8 Å². The number of carbonyl (C=O) groups is 2. The number of nitrogen functional groups attached to an aromatic ring is 1. The van der Waals surface area contributed by atoms with Crippen LogP contribution in [-0.2, 0) is 9.53 Å². The molecule has 0 radical (unpaired) electrons. The summed E-state index contributed by atoms with van der Waals surface area (Å²) in [7, 11) is 0. The van der Waals surface area contributed by atoms with E-state index in [1.54, 1.807) is 34.6 Å². The number of alkyl halides is 3. The van der Waals surface area contributed by atoms with Crippen molar-refractivity contribution in [2.45, 2.75) is 37.8 Å². The second kappa shape index (κ2) is 9.89. The first-order chi connectivity index (χ1) is 18.4. The van der Waals surface area contributed by atoms with Crippen LogP contribution in [-0.4, -0.2) is 72.4 Å². The number of ether oxygens (including phenoxy) is 1. The number of esters is 1. The van der Waals surface area contributed by atoms with Gasteiger partial charge in [-0.2, -0.15) is 13.2 Å². The number of piperidine rings is 1. The minimum Gasteiger partial charge on any atom is -0.454 e. The minimum absolute atomic E-state index is 0.00750. The van der Waals surface area contributed by atoms with Crippen molar-refractivity contribution in [3.8, 4) is 0 Å². The van der Waals surface area contributed by atoms with Gasteiger partial charge in [0.05, 0.1) is 35.4 Å². The fourth-order valence-corrected chi connectivity index (χ4v) is 4.94. The number of aliphatic hydroxyl groups is 1. The summed E-state index contributed by atoms with van der Waals surface area (Å²) >= 11 is 6.50. The van der Waals surface area contributed by atoms with Crippen molar-refractivity contribution in [2.75, 3.05) is 23.7 Å². The normalized spacial score (nSPS) is 18.9. The summed E-state index contributed by atoms with van der Waals surface area (Å²) in [6, 6.07) is 2.49. The maximum absolute atomic E-state index is 13.3. The molecule has 4 aromatic heterocycles. The van der Waals surface area contributed by atoms with Crippen molar-refractivity contribution < 1.29 is 32.6 Å². The van der Waals surface area contributed by atoms with E-state index in [1.165, 1.54) is 23.2 Å². The van der Waals surface area contributed by atoms with E-state index in [0.717, 1.165) is 0 Å². The summed E-state index contributed by atoms with van der Waals surface area (Å²) in [6.45, 7) is 1.52. The first kappa shape index (κ1) is 26.5. The highest BCUT2D eigenvalue weighted by Gasteiger charge is 2.43. The summed E-state index contributed by atoms with van der Waals surface area (Å²) < 4.78 is 46.1. The number of aromatic nitrogens is 5. The van der Waals surface area contributed by atoms with Gasteiger partial charge in [-0.15, -0.1) is 5.10 Å². The number of rotatable bonds is 5. The molecule has 1 unspecified atom stereocenters. The average molecular weight is 567 g/mol. The van der Waals surface area contributed by atoms with Crippen molar-refractivity contribution in [1.82, 2.24) is 29.3 Å². The van der Waals surface area contributed by atoms with E-state index in [1.807, 2.05) is 0 Å². The Morgan fingerprint density at radius 3 is 2.85 bits per heavy atom. The molecule has 0 spiro atoms. The highest BCUT2D eigenvalue weighted by Crippen LogP contribution is 2.35. The zero-order valence-electron chi connectivity index (χ0n) is 20.3. The molecule has 0 saturated carbocycles. The Bertz CT molecular complexity index is 1570. The number of halogens is 4. The molecule has 16 heteroatoms. The number of pyridine rings is 1. The van der Waals surface area contributed by atoms with Gasteiger partial charge in [0.15, 0.2) is 11.5 Å². The Morgan fingerprint density at radius 2 is 2.10 bits per heavy atom. The van der Waals surface area contributed by atoms with Crippen LogP contribution in [0, 0.1) is 0 Å². The monoisotopic (exact) mass is 566 g/mol. The van der Waals surface area contributed by atoms with Gasteiger partial charge >= 0.3 is 12.1 Å². The lowest BCUT2D eigenvalue weighted by Gasteiger charge is -2.38. The highest BCUT2D eigenvalue weighted by molar-refractivity contribution is 6.34. The number of aliphatic hydroxyl groups excluding tert-OH is 1. The van der Waals surface area contributed by atoms with E-state index >= 15 is 0 Å². The maximum atomic E-state index is 13.3. The molecule has 4 N–H and O–H groups in total. The molecule has 0 aliphatic carbocycles. The molecule has 1 aliphatic rings. The van der Waals surface area contributed by atoms with Crippen LogP contribution in [0.3, 0.4) is 0 Å². The Hall–Kier alpha value is -4.11. The number of hydrogen-bond donors (Lipinski definition) is 3. The Balaban J connectivity index is 1.50. The third-order valence-corrected chi connectivity index (χ3v) is 6.61. The standard InChI is InChI=1S/C23H22ClF3N8O4/c1-11(31-20(37)17-18(28)32-35-4-2-3-30-19(17)35)14-6-15(24)16-7-29-10-34(16)21(14)33-8-12(36)5-13(9-33)39-22(38)23(25,26)27/h2-4,6-7,10-13,36H,5,8-9H2,1H3,(H2,28,32)(H,31,37)/t11?,12-,13-/m0/s1. The maximum Gasteiger partial charge on any atom is 0.490 e. The minimum atomic E-state index is -5.18. The van der Waals surface area contributed by atoms with Crippen LogP contribution in [0.2, 0.25) is 5.02 Å². The number of amides is 1. The van der Waals surface area contributed by atoms with Crippen LogP contribution in [0.15, 0.2) is 37.1 Å². The number of hydrogen-bond acceptors (Lipinski definition) is 9. The fourth-order valence-electron chi connectivity index (χ4n) is 4.68. The van der Waals surface area contributed by atoms with Crippen LogP contribution in [0.5, 0.6) is 0 Å². The smallest absolute Gasteiger partial charge is 0.454 e. The first-order valence-electron chi connectivity index (χ1n) is 11.7. The molecule has 1 amide bonds. The molecule has 1 aliphatic heterocycles. The van der Waals surface area contributed by atoms with Gasteiger partial charge in [-0.3, -0.25) is 9.20 Å². The lowest BCUT2D eigenvalue weighted by Crippen LogP contribution is -2.49. The molecule has 3 atom stereocenters. The van der Waals surface area contributed by atoms with Crippen LogP contribution in [0.25, 0.3) is 11.2 Å². The fraction of sp³-hybridized carbons (Fsp3) is 0.348. The molecule has 5 heterocycles. The highest BCUT2D eigenvalue weighted by atomic mass is 35.5. The number of β-amino-alcohol motifs (C(OH)–C–C–N with tert-alkyl or cyclic N) is 1. The Morgan fingerprint density at radius 1 is 1.33 bits per heavy atom. The predicted octanol–water partition coefficient (Wildman–Crippen LogP) is 2.15. The number of nitrogens with two attached hydrogens (primary N) is 1. The Kier molecular flexibility index (Phi) is 6.72. The molecule has 206 valence electrons. The summed E-state index contributed by atoms with van der Waals surface area (Å²) in [5.74, 6) is -2.56. The van der Waals surface area contributed by atoms with Crippen molar-refractivity contribution >= 4 is 46.3 Å². The summed E-state index contributed by atoms with van der Waals surface area (Å²) in [5.41, 5.74) is 7.22. The van der Waals surface area contributed by atoms with E-state index in [4.69, 9.17) is 17.3 Å². The largest absolute Gasteiger partial charge is 0.490 e. The van der Waals surface area contributed by atoms with Crippen molar-refractivity contribution in [1.29, 1.82) is 0 Å². The quantitative estimate of drug-likeness (QED) is 0.308. The molecule has 4 aromatic rings. The number of carbonyl (C=O) groups excluding carboxylic acids is 2. The molecule has 5 rings (SSSR count). The third kappa shape index (κ3) is 5.02.